The van der Waals surface area contributed by atoms with Gasteiger partial charge < -0.3 is 4.90 Å². The Morgan fingerprint density at radius 1 is 1.22 bits per heavy atom. The number of amides is 1. The molecule has 1 aromatic heterocycles. The maximum Gasteiger partial charge on any atom is 0.257 e. The van der Waals surface area contributed by atoms with E-state index in [0.29, 0.717) is 16.1 Å². The Hall–Kier alpha value is -2.66. The highest BCUT2D eigenvalue weighted by atomic mass is 35.5. The Kier molecular flexibility index (Phi) is 4.70. The van der Waals surface area contributed by atoms with E-state index in [1.54, 1.807) is 27.9 Å². The molecule has 0 aliphatic heterocycles. The molecule has 1 saturated carbocycles. The van der Waals surface area contributed by atoms with Gasteiger partial charge in [0.15, 0.2) is 0 Å². The molecule has 1 fully saturated rings. The van der Waals surface area contributed by atoms with Crippen LogP contribution in [0.5, 0.6) is 0 Å². The number of hydrogen-bond acceptors (Lipinski definition) is 2. The molecule has 4 nitrogen and oxygen atoms in total. The van der Waals surface area contributed by atoms with Gasteiger partial charge >= 0.3 is 0 Å². The lowest BCUT2D eigenvalue weighted by Crippen LogP contribution is -2.33. The van der Waals surface area contributed by atoms with Gasteiger partial charge in [0.05, 0.1) is 29.7 Å². The predicted molar refractivity (Wildman–Crippen MR) is 103 cm³/mol. The third kappa shape index (κ3) is 3.47. The number of halogens is 2. The lowest BCUT2D eigenvalue weighted by molar-refractivity contribution is 0.0727. The van der Waals surface area contributed by atoms with Crippen molar-refractivity contribution in [1.82, 2.24) is 14.7 Å². The van der Waals surface area contributed by atoms with Gasteiger partial charge in [-0.3, -0.25) is 4.79 Å². The normalized spacial score (nSPS) is 13.6. The molecule has 0 bridgehead atoms. The van der Waals surface area contributed by atoms with Crippen molar-refractivity contribution in [3.05, 3.63) is 82.4 Å². The summed E-state index contributed by atoms with van der Waals surface area (Å²) in [6.07, 6.45) is 3.43. The molecule has 1 amide bonds. The fourth-order valence-corrected chi connectivity index (χ4v) is 3.43. The summed E-state index contributed by atoms with van der Waals surface area (Å²) in [5.74, 6) is -0.533. The summed E-state index contributed by atoms with van der Waals surface area (Å²) in [5.41, 5.74) is 2.53. The molecule has 1 heterocycles. The summed E-state index contributed by atoms with van der Waals surface area (Å²) in [6, 6.07) is 14.4. The van der Waals surface area contributed by atoms with Crippen molar-refractivity contribution in [3.63, 3.8) is 0 Å². The first-order chi connectivity index (χ1) is 13.1. The Morgan fingerprint density at radius 2 is 1.96 bits per heavy atom. The van der Waals surface area contributed by atoms with Gasteiger partial charge in [-0.2, -0.15) is 5.10 Å². The van der Waals surface area contributed by atoms with Crippen molar-refractivity contribution in [2.75, 3.05) is 0 Å². The Bertz CT molecular complexity index is 962. The van der Waals surface area contributed by atoms with Crippen molar-refractivity contribution in [1.29, 1.82) is 0 Å². The summed E-state index contributed by atoms with van der Waals surface area (Å²) >= 11 is 6.17. The number of nitrogens with zero attached hydrogens (tertiary/aromatic N) is 3. The molecule has 1 aliphatic carbocycles. The highest BCUT2D eigenvalue weighted by Crippen LogP contribution is 2.32. The first kappa shape index (κ1) is 17.7. The molecule has 27 heavy (non-hydrogen) atoms. The van der Waals surface area contributed by atoms with Gasteiger partial charge in [-0.15, -0.1) is 0 Å². The number of para-hydroxylation sites is 1. The Balaban J connectivity index is 1.65. The number of aromatic nitrogens is 2. The first-order valence-corrected chi connectivity index (χ1v) is 9.28. The molecule has 0 atom stereocenters. The van der Waals surface area contributed by atoms with Crippen LogP contribution in [0.4, 0.5) is 4.39 Å². The molecular weight excluding hydrogens is 365 g/mol. The SMILES string of the molecule is Cc1c(C(=O)N(Cc2c(F)cccc2Cl)C2CC2)cnn1-c1ccccc1. The molecule has 4 rings (SSSR count). The average molecular weight is 384 g/mol. The number of carbonyl (C=O) groups excluding carboxylic acids is 1. The zero-order valence-electron chi connectivity index (χ0n) is 14.9. The number of benzene rings is 2. The molecule has 0 N–H and O–H groups in total. The first-order valence-electron chi connectivity index (χ1n) is 8.90. The quantitative estimate of drug-likeness (QED) is 0.636. The molecule has 0 saturated heterocycles. The molecule has 2 aromatic carbocycles. The third-order valence-corrected chi connectivity index (χ3v) is 5.23. The van der Waals surface area contributed by atoms with Gasteiger partial charge in [-0.05, 0) is 44.0 Å². The molecule has 0 radical (unpaired) electrons. The van der Waals surface area contributed by atoms with Crippen LogP contribution in [0.25, 0.3) is 5.69 Å². The summed E-state index contributed by atoms with van der Waals surface area (Å²) in [5, 5.41) is 4.72. The predicted octanol–water partition coefficient (Wildman–Crippen LogP) is 4.78. The van der Waals surface area contributed by atoms with Gasteiger partial charge in [-0.25, -0.2) is 9.07 Å². The summed E-state index contributed by atoms with van der Waals surface area (Å²) in [6.45, 7) is 2.03. The van der Waals surface area contributed by atoms with E-state index in [1.807, 2.05) is 37.3 Å². The number of rotatable bonds is 5. The van der Waals surface area contributed by atoms with Gasteiger partial charge in [0.2, 0.25) is 0 Å². The highest BCUT2D eigenvalue weighted by Gasteiger charge is 2.35. The van der Waals surface area contributed by atoms with Crippen molar-refractivity contribution in [2.24, 2.45) is 0 Å². The van der Waals surface area contributed by atoms with Gasteiger partial charge in [-0.1, -0.05) is 35.9 Å². The van der Waals surface area contributed by atoms with E-state index in [0.717, 1.165) is 24.2 Å². The molecule has 3 aromatic rings. The van der Waals surface area contributed by atoms with Gasteiger partial charge in [0.25, 0.3) is 5.91 Å². The largest absolute Gasteiger partial charge is 0.331 e. The lowest BCUT2D eigenvalue weighted by Gasteiger charge is -2.23. The van der Waals surface area contributed by atoms with Crippen LogP contribution in [-0.2, 0) is 6.54 Å². The molecule has 6 heteroatoms. The zero-order valence-corrected chi connectivity index (χ0v) is 15.7. The second kappa shape index (κ2) is 7.16. The van der Waals surface area contributed by atoms with Crippen LogP contribution in [-0.4, -0.2) is 26.6 Å². The van der Waals surface area contributed by atoms with Gasteiger partial charge in [0, 0.05) is 16.6 Å². The summed E-state index contributed by atoms with van der Waals surface area (Å²) in [4.78, 5) is 14.9. The number of carbonyl (C=O) groups is 1. The van der Waals surface area contributed by atoms with Crippen molar-refractivity contribution in [3.8, 4) is 5.69 Å². The summed E-state index contributed by atoms with van der Waals surface area (Å²) < 4.78 is 16.0. The minimum Gasteiger partial charge on any atom is -0.331 e. The minimum absolute atomic E-state index is 0.118. The molecule has 138 valence electrons. The van der Waals surface area contributed by atoms with Crippen LogP contribution in [0, 0.1) is 12.7 Å². The smallest absolute Gasteiger partial charge is 0.257 e. The van der Waals surface area contributed by atoms with E-state index in [4.69, 9.17) is 11.6 Å². The lowest BCUT2D eigenvalue weighted by atomic mass is 10.1. The van der Waals surface area contributed by atoms with Crippen molar-refractivity contribution < 1.29 is 9.18 Å². The minimum atomic E-state index is -0.391. The molecular formula is C21H19ClFN3O. The van der Waals surface area contributed by atoms with E-state index in [2.05, 4.69) is 5.10 Å². The van der Waals surface area contributed by atoms with Crippen LogP contribution in [0.15, 0.2) is 54.7 Å². The van der Waals surface area contributed by atoms with Crippen LogP contribution < -0.4 is 0 Å². The summed E-state index contributed by atoms with van der Waals surface area (Å²) in [7, 11) is 0. The second-order valence-corrected chi connectivity index (χ2v) is 7.16. The molecule has 0 spiro atoms. The van der Waals surface area contributed by atoms with E-state index >= 15 is 0 Å². The fourth-order valence-electron chi connectivity index (χ4n) is 3.21. The second-order valence-electron chi connectivity index (χ2n) is 6.76. The zero-order chi connectivity index (χ0) is 19.0. The van der Waals surface area contributed by atoms with Crippen LogP contribution in [0.3, 0.4) is 0 Å². The Labute approximate surface area is 162 Å². The standard InChI is InChI=1S/C21H19ClFN3O/c1-14-17(12-24-26(14)16-6-3-2-4-7-16)21(27)25(15-10-11-15)13-18-19(22)8-5-9-20(18)23/h2-9,12,15H,10-11,13H2,1H3. The fraction of sp³-hybridized carbons (Fsp3) is 0.238. The monoisotopic (exact) mass is 383 g/mol. The van der Waals surface area contributed by atoms with Crippen LogP contribution in [0.1, 0.15) is 34.5 Å². The highest BCUT2D eigenvalue weighted by molar-refractivity contribution is 6.31. The maximum atomic E-state index is 14.2. The van der Waals surface area contributed by atoms with Crippen LogP contribution in [0.2, 0.25) is 5.02 Å². The van der Waals surface area contributed by atoms with Crippen LogP contribution >= 0.6 is 11.6 Å². The van der Waals surface area contributed by atoms with Crippen molar-refractivity contribution >= 4 is 17.5 Å². The van der Waals surface area contributed by atoms with E-state index in [9.17, 15) is 9.18 Å². The van der Waals surface area contributed by atoms with E-state index < -0.39 is 5.82 Å². The maximum absolute atomic E-state index is 14.2. The third-order valence-electron chi connectivity index (χ3n) is 4.88. The molecule has 1 aliphatic rings. The Morgan fingerprint density at radius 3 is 2.63 bits per heavy atom. The van der Waals surface area contributed by atoms with E-state index in [-0.39, 0.29) is 18.5 Å². The molecule has 0 unspecified atom stereocenters. The number of hydrogen-bond donors (Lipinski definition) is 0. The van der Waals surface area contributed by atoms with Crippen molar-refractivity contribution in [2.45, 2.75) is 32.4 Å². The van der Waals surface area contributed by atoms with Gasteiger partial charge in [0.1, 0.15) is 5.82 Å². The topological polar surface area (TPSA) is 38.1 Å². The average Bonchev–Trinajstić information content (AvgIpc) is 3.43. The van der Waals surface area contributed by atoms with E-state index in [1.165, 1.54) is 6.07 Å².